The van der Waals surface area contributed by atoms with Crippen LogP contribution >= 0.6 is 11.6 Å². The van der Waals surface area contributed by atoms with Gasteiger partial charge in [0, 0.05) is 16.6 Å². The first-order valence-corrected chi connectivity index (χ1v) is 13.8. The zero-order valence-electron chi connectivity index (χ0n) is 21.4. The molecule has 0 bridgehead atoms. The van der Waals surface area contributed by atoms with Gasteiger partial charge in [0.2, 0.25) is 10.0 Å². The molecule has 0 aromatic heterocycles. The van der Waals surface area contributed by atoms with Crippen LogP contribution in [0, 0.1) is 0 Å². The SMILES string of the molecule is CN(C)CCC(NS(=O)(=O)c1ccccc1-c1cccc2ccccc12)c1ccc(Cl)cc1.O=C(O)C(=O)O. The molecule has 0 amide bonds. The first-order chi connectivity index (χ1) is 18.5. The summed E-state index contributed by atoms with van der Waals surface area (Å²) in [6.07, 6.45) is 0.629. The van der Waals surface area contributed by atoms with E-state index in [0.29, 0.717) is 17.0 Å². The lowest BCUT2D eigenvalue weighted by Crippen LogP contribution is -2.31. The van der Waals surface area contributed by atoms with Crippen molar-refractivity contribution < 1.29 is 28.2 Å². The summed E-state index contributed by atoms with van der Waals surface area (Å²) in [4.78, 5) is 20.5. The van der Waals surface area contributed by atoms with Crippen molar-refractivity contribution in [1.29, 1.82) is 0 Å². The number of fused-ring (bicyclic) bond motifs is 1. The Morgan fingerprint density at radius 2 is 1.38 bits per heavy atom. The van der Waals surface area contributed by atoms with Crippen LogP contribution in [0.1, 0.15) is 18.0 Å². The quantitative estimate of drug-likeness (QED) is 0.247. The fourth-order valence-corrected chi connectivity index (χ4v) is 5.62. The van der Waals surface area contributed by atoms with Gasteiger partial charge in [0.1, 0.15) is 0 Å². The molecule has 4 aromatic rings. The minimum atomic E-state index is -3.81. The maximum atomic E-state index is 13.7. The molecule has 0 heterocycles. The molecule has 10 heteroatoms. The van der Waals surface area contributed by atoms with Gasteiger partial charge in [-0.3, -0.25) is 0 Å². The summed E-state index contributed by atoms with van der Waals surface area (Å²) >= 11 is 6.06. The van der Waals surface area contributed by atoms with E-state index in [4.69, 9.17) is 31.4 Å². The molecular weight excluding hydrogens is 540 g/mol. The average Bonchev–Trinajstić information content (AvgIpc) is 2.91. The summed E-state index contributed by atoms with van der Waals surface area (Å²) in [5, 5.41) is 17.5. The largest absolute Gasteiger partial charge is 0.473 e. The van der Waals surface area contributed by atoms with Crippen molar-refractivity contribution in [2.75, 3.05) is 20.6 Å². The molecule has 1 unspecified atom stereocenters. The van der Waals surface area contributed by atoms with Crippen molar-refractivity contribution >= 4 is 44.3 Å². The molecule has 204 valence electrons. The monoisotopic (exact) mass is 568 g/mol. The van der Waals surface area contributed by atoms with Crippen molar-refractivity contribution in [3.8, 4) is 11.1 Å². The average molecular weight is 569 g/mol. The molecule has 4 aromatic carbocycles. The summed E-state index contributed by atoms with van der Waals surface area (Å²) < 4.78 is 30.4. The molecule has 1 atom stereocenters. The molecule has 0 fully saturated rings. The van der Waals surface area contributed by atoms with Crippen LogP contribution in [0.3, 0.4) is 0 Å². The van der Waals surface area contributed by atoms with E-state index in [1.165, 1.54) is 0 Å². The van der Waals surface area contributed by atoms with Gasteiger partial charge in [-0.1, -0.05) is 84.4 Å². The van der Waals surface area contributed by atoms with Crippen molar-refractivity contribution in [3.63, 3.8) is 0 Å². The van der Waals surface area contributed by atoms with E-state index in [-0.39, 0.29) is 10.9 Å². The first kappa shape index (κ1) is 29.8. The number of nitrogens with one attached hydrogen (secondary N) is 1. The van der Waals surface area contributed by atoms with E-state index in [1.54, 1.807) is 24.3 Å². The topological polar surface area (TPSA) is 124 Å². The molecule has 0 radical (unpaired) electrons. The Balaban J connectivity index is 0.000000631. The third-order valence-corrected chi connectivity index (χ3v) is 7.66. The first-order valence-electron chi connectivity index (χ1n) is 12.0. The number of hydrogen-bond acceptors (Lipinski definition) is 5. The molecule has 4 rings (SSSR count). The van der Waals surface area contributed by atoms with Crippen molar-refractivity contribution in [2.24, 2.45) is 0 Å². The van der Waals surface area contributed by atoms with Crippen LogP contribution in [0.15, 0.2) is 95.9 Å². The predicted molar refractivity (Wildman–Crippen MR) is 152 cm³/mol. The van der Waals surface area contributed by atoms with E-state index < -0.39 is 22.0 Å². The summed E-state index contributed by atoms with van der Waals surface area (Å²) in [7, 11) is 0.136. The van der Waals surface area contributed by atoms with Gasteiger partial charge in [0.15, 0.2) is 0 Å². The number of carboxylic acid groups (broad SMARTS) is 2. The van der Waals surface area contributed by atoms with E-state index in [0.717, 1.165) is 28.4 Å². The summed E-state index contributed by atoms with van der Waals surface area (Å²) in [6, 6.07) is 28.1. The van der Waals surface area contributed by atoms with E-state index in [9.17, 15) is 8.42 Å². The Morgan fingerprint density at radius 1 is 0.821 bits per heavy atom. The molecule has 39 heavy (non-hydrogen) atoms. The zero-order chi connectivity index (χ0) is 28.6. The third kappa shape index (κ3) is 8.11. The highest BCUT2D eigenvalue weighted by atomic mass is 35.5. The Morgan fingerprint density at radius 3 is 2.03 bits per heavy atom. The van der Waals surface area contributed by atoms with Crippen molar-refractivity contribution in [1.82, 2.24) is 9.62 Å². The highest BCUT2D eigenvalue weighted by molar-refractivity contribution is 7.89. The number of carbonyl (C=O) groups is 2. The van der Waals surface area contributed by atoms with Gasteiger partial charge in [-0.15, -0.1) is 0 Å². The molecule has 0 saturated carbocycles. The van der Waals surface area contributed by atoms with E-state index in [2.05, 4.69) is 4.72 Å². The molecule has 0 saturated heterocycles. The summed E-state index contributed by atoms with van der Waals surface area (Å²) in [6.45, 7) is 0.737. The normalized spacial score (nSPS) is 12.0. The van der Waals surface area contributed by atoms with E-state index in [1.807, 2.05) is 85.7 Å². The number of carboxylic acids is 2. The lowest BCUT2D eigenvalue weighted by Gasteiger charge is -2.22. The number of sulfonamides is 1. The number of hydrogen-bond donors (Lipinski definition) is 3. The van der Waals surface area contributed by atoms with Gasteiger partial charge in [-0.2, -0.15) is 0 Å². The van der Waals surface area contributed by atoms with E-state index >= 15 is 0 Å². The minimum absolute atomic E-state index is 0.269. The zero-order valence-corrected chi connectivity index (χ0v) is 23.0. The molecule has 0 aliphatic rings. The number of aliphatic carboxylic acids is 2. The highest BCUT2D eigenvalue weighted by Crippen LogP contribution is 2.34. The van der Waals surface area contributed by atoms with Crippen LogP contribution in [-0.2, 0) is 19.6 Å². The maximum absolute atomic E-state index is 13.7. The van der Waals surface area contributed by atoms with Crippen molar-refractivity contribution in [3.05, 3.63) is 102 Å². The lowest BCUT2D eigenvalue weighted by atomic mass is 9.98. The van der Waals surface area contributed by atoms with Crippen LogP contribution in [0.5, 0.6) is 0 Å². The van der Waals surface area contributed by atoms with Gasteiger partial charge in [0.25, 0.3) is 0 Å². The Labute approximate surface area is 232 Å². The number of benzene rings is 4. The Hall–Kier alpha value is -3.76. The number of rotatable bonds is 8. The molecule has 0 spiro atoms. The van der Waals surface area contributed by atoms with Crippen LogP contribution in [0.2, 0.25) is 5.02 Å². The van der Waals surface area contributed by atoms with Gasteiger partial charge in [-0.05, 0) is 67.2 Å². The minimum Gasteiger partial charge on any atom is -0.473 e. The van der Waals surface area contributed by atoms with Crippen LogP contribution in [0.4, 0.5) is 0 Å². The second kappa shape index (κ2) is 13.3. The van der Waals surface area contributed by atoms with Gasteiger partial charge >= 0.3 is 11.9 Å². The van der Waals surface area contributed by atoms with Crippen molar-refractivity contribution in [2.45, 2.75) is 17.4 Å². The molecule has 0 aliphatic heterocycles. The second-order valence-corrected chi connectivity index (χ2v) is 11.1. The van der Waals surface area contributed by atoms with Crippen LogP contribution in [-0.4, -0.2) is 56.1 Å². The lowest BCUT2D eigenvalue weighted by molar-refractivity contribution is -0.159. The molecule has 0 aliphatic carbocycles. The maximum Gasteiger partial charge on any atom is 0.414 e. The fraction of sp³-hybridized carbons (Fsp3) is 0.172. The predicted octanol–water partition coefficient (Wildman–Crippen LogP) is 5.29. The standard InChI is InChI=1S/C27H27ClN2O2S.C2H2O4/c1-30(2)19-18-26(21-14-16-22(28)17-15-21)29-33(31,32)27-13-6-5-11-25(27)24-12-7-9-20-8-3-4-10-23(20)24;3-1(4)2(5)6/h3-17,26,29H,18-19H2,1-2H3;(H,3,4)(H,5,6). The number of halogens is 1. The van der Waals surface area contributed by atoms with Crippen LogP contribution < -0.4 is 4.72 Å². The highest BCUT2D eigenvalue weighted by Gasteiger charge is 2.25. The van der Waals surface area contributed by atoms with Crippen LogP contribution in [0.25, 0.3) is 21.9 Å². The summed E-state index contributed by atoms with van der Waals surface area (Å²) in [5.74, 6) is -3.65. The Kier molecular flexibility index (Phi) is 10.2. The third-order valence-electron chi connectivity index (χ3n) is 5.87. The molecular formula is C29H29ClN2O6S. The summed E-state index contributed by atoms with van der Waals surface area (Å²) in [5.41, 5.74) is 2.46. The second-order valence-electron chi connectivity index (χ2n) is 8.95. The fourth-order valence-electron chi connectivity index (χ4n) is 4.01. The number of nitrogens with zero attached hydrogens (tertiary/aromatic N) is 1. The van der Waals surface area contributed by atoms with Gasteiger partial charge < -0.3 is 15.1 Å². The van der Waals surface area contributed by atoms with Gasteiger partial charge in [-0.25, -0.2) is 22.7 Å². The Bertz CT molecular complexity index is 1540. The van der Waals surface area contributed by atoms with Gasteiger partial charge in [0.05, 0.1) is 4.90 Å². The molecule has 3 N–H and O–H groups in total. The smallest absolute Gasteiger partial charge is 0.414 e. The molecule has 8 nitrogen and oxygen atoms in total.